The minimum atomic E-state index is -2.83. The van der Waals surface area contributed by atoms with Crippen molar-refractivity contribution in [1.29, 1.82) is 0 Å². The first-order valence-corrected chi connectivity index (χ1v) is 8.72. The van der Waals surface area contributed by atoms with Crippen LogP contribution in [0, 0.1) is 0 Å². The van der Waals surface area contributed by atoms with Crippen molar-refractivity contribution < 1.29 is 8.42 Å². The van der Waals surface area contributed by atoms with Gasteiger partial charge in [0.2, 0.25) is 0 Å². The number of nitrogens with one attached hydrogen (secondary N) is 1. The summed E-state index contributed by atoms with van der Waals surface area (Å²) >= 11 is 5.12. The zero-order valence-electron chi connectivity index (χ0n) is 9.36. The first kappa shape index (κ1) is 14.2. The number of thiophene rings is 1. The Morgan fingerprint density at radius 1 is 1.50 bits per heavy atom. The molecule has 0 saturated heterocycles. The number of hydrogen-bond acceptors (Lipinski definition) is 4. The average molecular weight is 326 g/mol. The van der Waals surface area contributed by atoms with Gasteiger partial charge in [-0.25, -0.2) is 8.42 Å². The van der Waals surface area contributed by atoms with Crippen LogP contribution < -0.4 is 5.32 Å². The summed E-state index contributed by atoms with van der Waals surface area (Å²) in [5, 5.41) is 3.31. The standard InChI is InChI=1S/C10H16BrNO2S2/c1-8(9-4-5-10(11)15-9)12-6-3-7-16(2,13)14/h4-5,8,12H,3,6-7H2,1-2H3. The average Bonchev–Trinajstić information content (AvgIpc) is 2.57. The van der Waals surface area contributed by atoms with E-state index in [1.807, 2.05) is 6.07 Å². The van der Waals surface area contributed by atoms with Crippen LogP contribution in [-0.2, 0) is 9.84 Å². The molecule has 1 aromatic heterocycles. The molecule has 0 bridgehead atoms. The lowest BCUT2D eigenvalue weighted by Gasteiger charge is -2.11. The Morgan fingerprint density at radius 3 is 2.69 bits per heavy atom. The summed E-state index contributed by atoms with van der Waals surface area (Å²) in [5.74, 6) is 0.251. The summed E-state index contributed by atoms with van der Waals surface area (Å²) < 4.78 is 23.0. The predicted molar refractivity (Wildman–Crippen MR) is 72.8 cm³/mol. The van der Waals surface area contributed by atoms with Crippen molar-refractivity contribution in [3.63, 3.8) is 0 Å². The molecule has 1 rings (SSSR count). The molecule has 1 heterocycles. The molecule has 3 nitrogen and oxygen atoms in total. The van der Waals surface area contributed by atoms with Gasteiger partial charge in [-0.15, -0.1) is 11.3 Å². The van der Waals surface area contributed by atoms with Gasteiger partial charge in [-0.1, -0.05) is 0 Å². The second-order valence-electron chi connectivity index (χ2n) is 3.80. The van der Waals surface area contributed by atoms with Crippen molar-refractivity contribution in [2.45, 2.75) is 19.4 Å². The lowest BCUT2D eigenvalue weighted by atomic mass is 10.2. The van der Waals surface area contributed by atoms with Crippen LogP contribution in [0.5, 0.6) is 0 Å². The molecule has 0 amide bonds. The number of hydrogen-bond donors (Lipinski definition) is 1. The van der Waals surface area contributed by atoms with Crippen LogP contribution >= 0.6 is 27.3 Å². The Labute approximate surface area is 109 Å². The quantitative estimate of drug-likeness (QED) is 0.818. The Morgan fingerprint density at radius 2 is 2.19 bits per heavy atom. The van der Waals surface area contributed by atoms with Gasteiger partial charge in [0.1, 0.15) is 9.84 Å². The maximum atomic E-state index is 10.9. The van der Waals surface area contributed by atoms with Crippen LogP contribution in [0.1, 0.15) is 24.3 Å². The predicted octanol–water partition coefficient (Wildman–Crippen LogP) is 2.60. The molecule has 92 valence electrons. The fraction of sp³-hybridized carbons (Fsp3) is 0.600. The van der Waals surface area contributed by atoms with E-state index >= 15 is 0 Å². The van der Waals surface area contributed by atoms with Gasteiger partial charge in [0.25, 0.3) is 0 Å². The molecular formula is C10H16BrNO2S2. The largest absolute Gasteiger partial charge is 0.309 e. The molecule has 1 atom stereocenters. The van der Waals surface area contributed by atoms with Gasteiger partial charge in [0.05, 0.1) is 9.54 Å². The van der Waals surface area contributed by atoms with Crippen LogP contribution in [0.25, 0.3) is 0 Å². The molecule has 0 spiro atoms. The highest BCUT2D eigenvalue weighted by Crippen LogP contribution is 2.26. The van der Waals surface area contributed by atoms with E-state index in [0.29, 0.717) is 6.42 Å². The lowest BCUT2D eigenvalue weighted by molar-refractivity contribution is 0.567. The van der Waals surface area contributed by atoms with Gasteiger partial charge in [-0.2, -0.15) is 0 Å². The SMILES string of the molecule is CC(NCCCS(C)(=O)=O)c1ccc(Br)s1. The van der Waals surface area contributed by atoms with Crippen LogP contribution in [0.4, 0.5) is 0 Å². The fourth-order valence-corrected chi connectivity index (χ4v) is 3.43. The third-order valence-electron chi connectivity index (χ3n) is 2.16. The van der Waals surface area contributed by atoms with E-state index in [9.17, 15) is 8.42 Å². The second kappa shape index (κ2) is 6.14. The molecule has 0 aliphatic carbocycles. The summed E-state index contributed by atoms with van der Waals surface area (Å²) in [7, 11) is -2.83. The summed E-state index contributed by atoms with van der Waals surface area (Å²) in [6.45, 7) is 2.81. The monoisotopic (exact) mass is 325 g/mol. The molecule has 16 heavy (non-hydrogen) atoms. The van der Waals surface area contributed by atoms with E-state index in [0.717, 1.165) is 10.3 Å². The zero-order chi connectivity index (χ0) is 12.2. The summed E-state index contributed by atoms with van der Waals surface area (Å²) in [4.78, 5) is 1.26. The van der Waals surface area contributed by atoms with Crippen LogP contribution in [-0.4, -0.2) is 27.0 Å². The lowest BCUT2D eigenvalue weighted by Crippen LogP contribution is -2.21. The molecular weight excluding hydrogens is 310 g/mol. The maximum absolute atomic E-state index is 10.9. The van der Waals surface area contributed by atoms with Gasteiger partial charge < -0.3 is 5.32 Å². The summed E-state index contributed by atoms with van der Waals surface area (Å²) in [6.07, 6.45) is 1.93. The Balaban J connectivity index is 2.28. The Hall–Kier alpha value is 0.0900. The molecule has 0 fully saturated rings. The highest BCUT2D eigenvalue weighted by Gasteiger charge is 2.07. The second-order valence-corrected chi connectivity index (χ2v) is 8.56. The van der Waals surface area contributed by atoms with E-state index in [1.54, 1.807) is 11.3 Å². The van der Waals surface area contributed by atoms with Gasteiger partial charge >= 0.3 is 0 Å². The molecule has 1 unspecified atom stereocenters. The molecule has 0 aliphatic rings. The molecule has 0 aliphatic heterocycles. The molecule has 0 saturated carbocycles. The van der Waals surface area contributed by atoms with Gasteiger partial charge in [-0.05, 0) is 48.0 Å². The first-order valence-electron chi connectivity index (χ1n) is 5.05. The van der Waals surface area contributed by atoms with Gasteiger partial charge in [-0.3, -0.25) is 0 Å². The zero-order valence-corrected chi connectivity index (χ0v) is 12.6. The van der Waals surface area contributed by atoms with E-state index < -0.39 is 9.84 Å². The number of halogens is 1. The molecule has 1 aromatic rings. The molecule has 6 heteroatoms. The molecule has 1 N–H and O–H groups in total. The topological polar surface area (TPSA) is 46.2 Å². The fourth-order valence-electron chi connectivity index (χ4n) is 1.31. The Kier molecular flexibility index (Phi) is 5.43. The smallest absolute Gasteiger partial charge is 0.147 e. The highest BCUT2D eigenvalue weighted by molar-refractivity contribution is 9.11. The van der Waals surface area contributed by atoms with Gasteiger partial charge in [0.15, 0.2) is 0 Å². The summed E-state index contributed by atoms with van der Waals surface area (Å²) in [6, 6.07) is 4.37. The molecule has 0 radical (unpaired) electrons. The normalized spacial score (nSPS) is 13.9. The Bertz CT molecular complexity index is 428. The summed E-state index contributed by atoms with van der Waals surface area (Å²) in [5.41, 5.74) is 0. The number of sulfone groups is 1. The molecule has 0 aromatic carbocycles. The van der Waals surface area contributed by atoms with Crippen LogP contribution in [0.15, 0.2) is 15.9 Å². The number of rotatable bonds is 6. The van der Waals surface area contributed by atoms with Crippen molar-refractivity contribution in [2.24, 2.45) is 0 Å². The van der Waals surface area contributed by atoms with Crippen molar-refractivity contribution in [1.82, 2.24) is 5.32 Å². The maximum Gasteiger partial charge on any atom is 0.147 e. The van der Waals surface area contributed by atoms with Gasteiger partial charge in [0, 0.05) is 17.2 Å². The van der Waals surface area contributed by atoms with Crippen molar-refractivity contribution in [3.05, 3.63) is 20.8 Å². The van der Waals surface area contributed by atoms with E-state index in [4.69, 9.17) is 0 Å². The van der Waals surface area contributed by atoms with E-state index in [1.165, 1.54) is 11.1 Å². The highest BCUT2D eigenvalue weighted by atomic mass is 79.9. The first-order chi connectivity index (χ1) is 7.38. The van der Waals surface area contributed by atoms with Crippen LogP contribution in [0.3, 0.4) is 0 Å². The van der Waals surface area contributed by atoms with E-state index in [-0.39, 0.29) is 11.8 Å². The van der Waals surface area contributed by atoms with Crippen molar-refractivity contribution in [3.8, 4) is 0 Å². The third-order valence-corrected chi connectivity index (χ3v) is 5.00. The third kappa shape index (κ3) is 5.43. The van der Waals surface area contributed by atoms with Crippen LogP contribution in [0.2, 0.25) is 0 Å². The van der Waals surface area contributed by atoms with Crippen molar-refractivity contribution >= 4 is 37.1 Å². The van der Waals surface area contributed by atoms with E-state index in [2.05, 4.69) is 34.2 Å². The minimum Gasteiger partial charge on any atom is -0.309 e. The van der Waals surface area contributed by atoms with Crippen molar-refractivity contribution in [2.75, 3.05) is 18.6 Å². The minimum absolute atomic E-state index is 0.251.